The van der Waals surface area contributed by atoms with E-state index in [1.807, 2.05) is 0 Å². The molecule has 0 aliphatic carbocycles. The van der Waals surface area contributed by atoms with Crippen LogP contribution in [0.2, 0.25) is 0 Å². The Morgan fingerprint density at radius 2 is 0.700 bits per heavy atom. The van der Waals surface area contributed by atoms with Gasteiger partial charge in [0.25, 0.3) is 0 Å². The van der Waals surface area contributed by atoms with E-state index < -0.39 is 119 Å². The molecule has 0 heterocycles. The van der Waals surface area contributed by atoms with Gasteiger partial charge in [-0.05, 0) is 0 Å². The second kappa shape index (κ2) is 12.0. The molecule has 16 heteroatoms. The molecule has 0 saturated heterocycles. The third kappa shape index (κ3) is 5.16. The second-order valence-electron chi connectivity index (χ2n) is 7.56. The number of hydrogen-bond donors (Lipinski definition) is 0. The van der Waals surface area contributed by atoms with Gasteiger partial charge in [-0.25, -0.2) is 0 Å². The summed E-state index contributed by atoms with van der Waals surface area (Å²) < 4.78 is 168. The van der Waals surface area contributed by atoms with Gasteiger partial charge in [-0.1, -0.05) is 0 Å². The molecule has 2 unspecified atom stereocenters. The van der Waals surface area contributed by atoms with Gasteiger partial charge in [0.05, 0.1) is 0 Å². The van der Waals surface area contributed by atoms with Gasteiger partial charge in [0.1, 0.15) is 0 Å². The first-order valence-electron chi connectivity index (χ1n) is 10.3. The number of hydrogen-bond acceptors (Lipinski definition) is 2. The van der Waals surface area contributed by atoms with Gasteiger partial charge in [0, 0.05) is 0 Å². The molecular formula is C24H8F10O2S2Se2. The van der Waals surface area contributed by atoms with E-state index in [0.29, 0.717) is 0 Å². The molecule has 4 rings (SSSR count). The van der Waals surface area contributed by atoms with Gasteiger partial charge < -0.3 is 0 Å². The predicted octanol–water partition coefficient (Wildman–Crippen LogP) is 6.48. The van der Waals surface area contributed by atoms with Crippen molar-refractivity contribution < 1.29 is 53.0 Å². The normalized spacial score (nSPS) is 13.8. The molecule has 4 aromatic carbocycles. The molecule has 2 atom stereocenters. The molecule has 0 aliphatic heterocycles. The zero-order valence-corrected chi connectivity index (χ0v) is 23.9. The van der Waals surface area contributed by atoms with Crippen LogP contribution in [0, 0.1) is 58.2 Å². The standard InChI is InChI=1S/C24H8F10O2S2Se2/c25-15-13(16(26)20(30)23(33)19(15)29)9-5-1-3-7-11(9)37(35)40(39)38(36)12-8-4-2-6-10(12)14-17(27)21(31)24(34)22(32)18(14)28/h1-8H. The number of rotatable bonds is 6. The first-order valence-corrected chi connectivity index (χ1v) is 21.0. The molecule has 0 bridgehead atoms. The summed E-state index contributed by atoms with van der Waals surface area (Å²) in [5, 5.41) is 0. The van der Waals surface area contributed by atoms with Crippen molar-refractivity contribution in [3.05, 3.63) is 107 Å². The van der Waals surface area contributed by atoms with Gasteiger partial charge in [0.2, 0.25) is 0 Å². The molecule has 0 aromatic heterocycles. The summed E-state index contributed by atoms with van der Waals surface area (Å²) in [5.41, 5.74) is -4.15. The Hall–Kier alpha value is -2.16. The predicted molar refractivity (Wildman–Crippen MR) is 128 cm³/mol. The van der Waals surface area contributed by atoms with Crippen LogP contribution < -0.4 is 0 Å². The Balaban J connectivity index is 1.83. The van der Waals surface area contributed by atoms with Crippen molar-refractivity contribution in [1.82, 2.24) is 0 Å². The molecule has 4 aromatic rings. The van der Waals surface area contributed by atoms with Gasteiger partial charge in [-0.3, -0.25) is 0 Å². The first kappa shape index (κ1) is 30.8. The molecular weight excluding hydrogens is 732 g/mol. The molecule has 0 spiro atoms. The molecule has 210 valence electrons. The van der Waals surface area contributed by atoms with Crippen molar-refractivity contribution in [2.24, 2.45) is 0 Å². The minimum atomic E-state index is -3.30. The summed E-state index contributed by atoms with van der Waals surface area (Å²) >= 11 is 2.39. The molecule has 40 heavy (non-hydrogen) atoms. The van der Waals surface area contributed by atoms with Crippen LogP contribution in [-0.2, 0) is 19.2 Å². The van der Waals surface area contributed by atoms with Crippen molar-refractivity contribution >= 4 is 42.1 Å². The SMILES string of the molecule is [O-][S+](c1ccccc1-c1c(F)c(F)c(F)c(F)c1F)[Se](=[Se])[S+]([O-])c1ccccc1-c1c(F)c(F)c(F)c(F)c1F. The molecule has 2 nitrogen and oxygen atoms in total. The van der Waals surface area contributed by atoms with E-state index in [-0.39, 0.29) is 0 Å². The summed E-state index contributed by atoms with van der Waals surface area (Å²) in [5.74, 6) is -22.7. The van der Waals surface area contributed by atoms with Crippen LogP contribution in [0.3, 0.4) is 0 Å². The Labute approximate surface area is 233 Å². The average molecular weight is 740 g/mol. The fourth-order valence-electron chi connectivity index (χ4n) is 3.52. The van der Waals surface area contributed by atoms with Crippen molar-refractivity contribution in [2.75, 3.05) is 0 Å². The maximum atomic E-state index is 14.5. The number of benzene rings is 4. The van der Waals surface area contributed by atoms with E-state index in [1.165, 1.54) is 12.1 Å². The van der Waals surface area contributed by atoms with Gasteiger partial charge >= 0.3 is 234 Å². The van der Waals surface area contributed by atoms with Crippen LogP contribution in [0.4, 0.5) is 43.9 Å². The van der Waals surface area contributed by atoms with E-state index in [9.17, 15) is 53.0 Å². The average Bonchev–Trinajstić information content (AvgIpc) is 2.96. The van der Waals surface area contributed by atoms with Crippen LogP contribution in [0.25, 0.3) is 22.3 Å². The molecule has 0 amide bonds. The summed E-state index contributed by atoms with van der Waals surface area (Å²) in [7, 11) is -8.28. The third-order valence-electron chi connectivity index (χ3n) is 5.34. The molecule has 0 saturated carbocycles. The number of halogens is 10. The summed E-state index contributed by atoms with van der Waals surface area (Å²) in [4.78, 5) is -0.979. The molecule has 0 fully saturated rings. The van der Waals surface area contributed by atoms with Crippen molar-refractivity contribution in [2.45, 2.75) is 9.79 Å². The Morgan fingerprint density at radius 1 is 0.450 bits per heavy atom. The van der Waals surface area contributed by atoms with Gasteiger partial charge in [-0.15, -0.1) is 0 Å². The van der Waals surface area contributed by atoms with E-state index in [0.717, 1.165) is 36.4 Å². The monoisotopic (exact) mass is 742 g/mol. The zero-order valence-electron chi connectivity index (χ0n) is 18.8. The Kier molecular flexibility index (Phi) is 9.22. The topological polar surface area (TPSA) is 46.1 Å². The van der Waals surface area contributed by atoms with Crippen LogP contribution in [0.1, 0.15) is 0 Å². The molecule has 0 N–H and O–H groups in total. The van der Waals surface area contributed by atoms with Crippen LogP contribution >= 0.6 is 0 Å². The Bertz CT molecular complexity index is 1510. The first-order chi connectivity index (χ1) is 18.8. The minimum absolute atomic E-state index is 0.489. The fraction of sp³-hybridized carbons (Fsp3) is 0. The van der Waals surface area contributed by atoms with Crippen LogP contribution in [-0.4, -0.2) is 32.1 Å². The van der Waals surface area contributed by atoms with E-state index in [2.05, 4.69) is 13.7 Å². The third-order valence-corrected chi connectivity index (χ3v) is 24.6. The maximum absolute atomic E-state index is 14.5. The van der Waals surface area contributed by atoms with Crippen molar-refractivity contribution in [3.63, 3.8) is 0 Å². The van der Waals surface area contributed by atoms with Crippen LogP contribution in [0.5, 0.6) is 0 Å². The van der Waals surface area contributed by atoms with E-state index in [1.54, 1.807) is 0 Å². The Morgan fingerprint density at radius 3 is 1.00 bits per heavy atom. The van der Waals surface area contributed by atoms with E-state index in [4.69, 9.17) is 0 Å². The fourth-order valence-corrected chi connectivity index (χ4v) is 18.2. The van der Waals surface area contributed by atoms with Gasteiger partial charge in [-0.2, -0.15) is 0 Å². The van der Waals surface area contributed by atoms with E-state index >= 15 is 0 Å². The quantitative estimate of drug-likeness (QED) is 0.0748. The van der Waals surface area contributed by atoms with Crippen LogP contribution in [0.15, 0.2) is 58.3 Å². The van der Waals surface area contributed by atoms with Crippen molar-refractivity contribution in [1.29, 1.82) is 0 Å². The second-order valence-corrected chi connectivity index (χ2v) is 27.2. The van der Waals surface area contributed by atoms with Crippen molar-refractivity contribution in [3.8, 4) is 22.3 Å². The molecule has 0 radical (unpaired) electrons. The summed E-state index contributed by atoms with van der Waals surface area (Å²) in [6.07, 6.45) is 0. The zero-order chi connectivity index (χ0) is 29.6. The summed E-state index contributed by atoms with van der Waals surface area (Å²) in [6.45, 7) is 0. The summed E-state index contributed by atoms with van der Waals surface area (Å²) in [6, 6.07) is 8.59. The van der Waals surface area contributed by atoms with Gasteiger partial charge in [0.15, 0.2) is 0 Å². The molecule has 0 aliphatic rings.